The topological polar surface area (TPSA) is 76.7 Å². The number of nitrogens with one attached hydrogen (secondary N) is 1. The van der Waals surface area contributed by atoms with Gasteiger partial charge in [-0.15, -0.1) is 0 Å². The third kappa shape index (κ3) is 4.90. The summed E-state index contributed by atoms with van der Waals surface area (Å²) >= 11 is 1.42. The molecule has 0 radical (unpaired) electrons. The van der Waals surface area contributed by atoms with E-state index in [1.54, 1.807) is 0 Å². The summed E-state index contributed by atoms with van der Waals surface area (Å²) in [4.78, 5) is 17.0. The van der Waals surface area contributed by atoms with Gasteiger partial charge in [0.05, 0.1) is 5.54 Å². The minimum absolute atomic E-state index is 0.317. The van der Waals surface area contributed by atoms with Gasteiger partial charge in [0, 0.05) is 5.69 Å². The average molecular weight is 350 g/mol. The lowest BCUT2D eigenvalue weighted by molar-refractivity contribution is 0.0564. The van der Waals surface area contributed by atoms with Gasteiger partial charge < -0.3 is 10.5 Å². The van der Waals surface area contributed by atoms with E-state index in [1.807, 2.05) is 45.2 Å². The molecular formula is C18H27N3O2S. The van der Waals surface area contributed by atoms with Crippen molar-refractivity contribution in [2.75, 3.05) is 12.0 Å². The van der Waals surface area contributed by atoms with E-state index in [1.165, 1.54) is 11.8 Å². The number of carbonyl (C=O) groups is 1. The maximum atomic E-state index is 12.0. The molecule has 0 aromatic heterocycles. The number of carbonyl (C=O) groups excluding carboxylic acids is 1. The summed E-state index contributed by atoms with van der Waals surface area (Å²) in [6.07, 6.45) is 5.57. The van der Waals surface area contributed by atoms with Gasteiger partial charge in [0.1, 0.15) is 5.60 Å². The third-order valence-electron chi connectivity index (χ3n) is 3.97. The Bertz CT molecular complexity index is 617. The molecule has 3 N–H and O–H groups in total. The van der Waals surface area contributed by atoms with E-state index < -0.39 is 11.7 Å². The molecule has 0 atom stereocenters. The lowest BCUT2D eigenvalue weighted by atomic mass is 9.89. The van der Waals surface area contributed by atoms with Crippen molar-refractivity contribution in [3.05, 3.63) is 29.8 Å². The number of hydrogen-bond acceptors (Lipinski definition) is 5. The highest BCUT2D eigenvalue weighted by molar-refractivity contribution is 8.13. The number of thioether (sulfide) groups is 1. The van der Waals surface area contributed by atoms with Crippen LogP contribution < -0.4 is 11.1 Å². The molecule has 1 saturated carbocycles. The molecule has 1 fully saturated rings. The summed E-state index contributed by atoms with van der Waals surface area (Å²) in [7, 11) is 0. The molecule has 6 heteroatoms. The summed E-state index contributed by atoms with van der Waals surface area (Å²) in [6.45, 7) is 5.52. The Morgan fingerprint density at radius 3 is 2.54 bits per heavy atom. The van der Waals surface area contributed by atoms with E-state index in [9.17, 15) is 4.79 Å². The van der Waals surface area contributed by atoms with Crippen molar-refractivity contribution in [1.82, 2.24) is 5.32 Å². The molecule has 132 valence electrons. The van der Waals surface area contributed by atoms with Crippen LogP contribution in [0.2, 0.25) is 0 Å². The van der Waals surface area contributed by atoms with Crippen LogP contribution in [0.4, 0.5) is 10.5 Å². The first-order valence-corrected chi connectivity index (χ1v) is 9.46. The highest BCUT2D eigenvalue weighted by Gasteiger charge is 2.36. The van der Waals surface area contributed by atoms with Crippen LogP contribution in [0.3, 0.4) is 0 Å². The SMILES string of the molecule is CS/C(=N\C1(c2cccc(N)c2)CCCC1)NC(=O)OC(C)(C)C. The van der Waals surface area contributed by atoms with Gasteiger partial charge in [-0.25, -0.2) is 4.79 Å². The summed E-state index contributed by atoms with van der Waals surface area (Å²) in [6, 6.07) is 7.89. The number of anilines is 1. The Kier molecular flexibility index (Phi) is 5.80. The molecule has 0 spiro atoms. The number of amides is 1. The number of nitrogens with zero attached hydrogens (tertiary/aromatic N) is 1. The lowest BCUT2D eigenvalue weighted by Crippen LogP contribution is -2.36. The highest BCUT2D eigenvalue weighted by atomic mass is 32.2. The van der Waals surface area contributed by atoms with Crippen molar-refractivity contribution in [3.63, 3.8) is 0 Å². The first-order valence-electron chi connectivity index (χ1n) is 8.24. The van der Waals surface area contributed by atoms with E-state index in [-0.39, 0.29) is 5.54 Å². The monoisotopic (exact) mass is 349 g/mol. The smallest absolute Gasteiger partial charge is 0.413 e. The molecule has 1 aliphatic carbocycles. The summed E-state index contributed by atoms with van der Waals surface area (Å²) in [5.74, 6) is 0. The van der Waals surface area contributed by atoms with Gasteiger partial charge in [-0.3, -0.25) is 10.3 Å². The zero-order valence-electron chi connectivity index (χ0n) is 14.9. The largest absolute Gasteiger partial charge is 0.444 e. The maximum Gasteiger partial charge on any atom is 0.413 e. The van der Waals surface area contributed by atoms with Gasteiger partial charge in [-0.2, -0.15) is 0 Å². The van der Waals surface area contributed by atoms with Crippen LogP contribution in [0.5, 0.6) is 0 Å². The first-order chi connectivity index (χ1) is 11.2. The van der Waals surface area contributed by atoms with E-state index >= 15 is 0 Å². The molecule has 1 aromatic carbocycles. The Morgan fingerprint density at radius 2 is 2.00 bits per heavy atom. The van der Waals surface area contributed by atoms with Crippen LogP contribution in [0, 0.1) is 0 Å². The number of hydrogen-bond donors (Lipinski definition) is 2. The molecule has 0 unspecified atom stereocenters. The van der Waals surface area contributed by atoms with Crippen molar-refractivity contribution in [1.29, 1.82) is 0 Å². The second kappa shape index (κ2) is 7.47. The zero-order chi connectivity index (χ0) is 17.8. The molecule has 0 bridgehead atoms. The molecule has 2 rings (SSSR count). The molecule has 0 heterocycles. The van der Waals surface area contributed by atoms with E-state index in [4.69, 9.17) is 15.5 Å². The van der Waals surface area contributed by atoms with Crippen molar-refractivity contribution in [2.45, 2.75) is 57.6 Å². The van der Waals surface area contributed by atoms with Gasteiger partial charge >= 0.3 is 6.09 Å². The Hall–Kier alpha value is -1.69. The maximum absolute atomic E-state index is 12.0. The summed E-state index contributed by atoms with van der Waals surface area (Å²) in [5.41, 5.74) is 6.95. The molecule has 24 heavy (non-hydrogen) atoms. The van der Waals surface area contributed by atoms with Crippen LogP contribution in [0.25, 0.3) is 0 Å². The number of nitrogen functional groups attached to an aromatic ring is 1. The van der Waals surface area contributed by atoms with Crippen molar-refractivity contribution in [3.8, 4) is 0 Å². The fourth-order valence-corrected chi connectivity index (χ4v) is 3.41. The lowest BCUT2D eigenvalue weighted by Gasteiger charge is -2.27. The van der Waals surface area contributed by atoms with Gasteiger partial charge in [0.2, 0.25) is 0 Å². The summed E-state index contributed by atoms with van der Waals surface area (Å²) < 4.78 is 5.33. The van der Waals surface area contributed by atoms with E-state index in [2.05, 4.69) is 11.4 Å². The molecule has 5 nitrogen and oxygen atoms in total. The van der Waals surface area contributed by atoms with E-state index in [0.29, 0.717) is 5.17 Å². The predicted molar refractivity (Wildman–Crippen MR) is 101 cm³/mol. The Balaban J connectivity index is 2.26. The fourth-order valence-electron chi connectivity index (χ4n) is 2.96. The van der Waals surface area contributed by atoms with Crippen LogP contribution in [0.15, 0.2) is 29.3 Å². The number of nitrogens with two attached hydrogens (primary N) is 1. The number of benzene rings is 1. The van der Waals surface area contributed by atoms with Crippen molar-refractivity contribution in [2.24, 2.45) is 4.99 Å². The molecule has 1 aromatic rings. The molecule has 1 amide bonds. The third-order valence-corrected chi connectivity index (χ3v) is 4.55. The average Bonchev–Trinajstić information content (AvgIpc) is 2.94. The number of ether oxygens (including phenoxy) is 1. The van der Waals surface area contributed by atoms with Gasteiger partial charge in [0.25, 0.3) is 0 Å². The van der Waals surface area contributed by atoms with Gasteiger partial charge in [-0.05, 0) is 57.6 Å². The van der Waals surface area contributed by atoms with Gasteiger partial charge in [0.15, 0.2) is 5.17 Å². The van der Waals surface area contributed by atoms with E-state index in [0.717, 1.165) is 36.9 Å². The predicted octanol–water partition coefficient (Wildman–Crippen LogP) is 4.28. The Morgan fingerprint density at radius 1 is 1.33 bits per heavy atom. The molecular weight excluding hydrogens is 322 g/mol. The fraction of sp³-hybridized carbons (Fsp3) is 0.556. The normalized spacial score (nSPS) is 17.6. The quantitative estimate of drug-likeness (QED) is 0.474. The first kappa shape index (κ1) is 18.6. The number of rotatable bonds is 2. The second-order valence-electron chi connectivity index (χ2n) is 7.11. The zero-order valence-corrected chi connectivity index (χ0v) is 15.7. The Labute approximate surface area is 148 Å². The van der Waals surface area contributed by atoms with Crippen LogP contribution >= 0.6 is 11.8 Å². The standard InChI is InChI=1S/C18H27N3O2S/c1-17(2,3)23-16(22)20-15(24-4)21-18(10-5-6-11-18)13-8-7-9-14(19)12-13/h7-9,12H,5-6,10-11,19H2,1-4H3,(H,20,21,22). The minimum Gasteiger partial charge on any atom is -0.444 e. The van der Waals surface area contributed by atoms with Crippen molar-refractivity contribution >= 4 is 28.7 Å². The number of alkyl carbamates (subject to hydrolysis) is 1. The van der Waals surface area contributed by atoms with Crippen LogP contribution in [0.1, 0.15) is 52.0 Å². The number of aliphatic imine (C=N–C) groups is 1. The van der Waals surface area contributed by atoms with Crippen molar-refractivity contribution < 1.29 is 9.53 Å². The van der Waals surface area contributed by atoms with Crippen LogP contribution in [-0.4, -0.2) is 23.1 Å². The molecule has 0 aliphatic heterocycles. The second-order valence-corrected chi connectivity index (χ2v) is 7.91. The highest BCUT2D eigenvalue weighted by Crippen LogP contribution is 2.43. The molecule has 0 saturated heterocycles. The van der Waals surface area contributed by atoms with Gasteiger partial charge in [-0.1, -0.05) is 36.7 Å². The summed E-state index contributed by atoms with van der Waals surface area (Å²) in [5, 5.41) is 3.36. The molecule has 1 aliphatic rings. The minimum atomic E-state index is -0.535. The van der Waals surface area contributed by atoms with Crippen LogP contribution in [-0.2, 0) is 10.3 Å². The number of amidine groups is 1.